The second-order valence-electron chi connectivity index (χ2n) is 4.02. The molecule has 1 heterocycles. The number of hydrogen-bond acceptors (Lipinski definition) is 4. The molecule has 18 heavy (non-hydrogen) atoms. The van der Waals surface area contributed by atoms with E-state index in [1.807, 2.05) is 37.3 Å². The van der Waals surface area contributed by atoms with Crippen molar-refractivity contribution >= 4 is 0 Å². The Morgan fingerprint density at radius 3 is 2.56 bits per heavy atom. The van der Waals surface area contributed by atoms with Crippen LogP contribution >= 0.6 is 0 Å². The lowest BCUT2D eigenvalue weighted by molar-refractivity contribution is 0.253. The van der Waals surface area contributed by atoms with Crippen molar-refractivity contribution in [2.24, 2.45) is 5.73 Å². The summed E-state index contributed by atoms with van der Waals surface area (Å²) < 4.78 is 16.4. The summed E-state index contributed by atoms with van der Waals surface area (Å²) in [6.07, 6.45) is 0. The number of furan rings is 1. The minimum Gasteiger partial charge on any atom is -0.493 e. The zero-order valence-electron chi connectivity index (χ0n) is 10.6. The monoisotopic (exact) mass is 247 g/mol. The smallest absolute Gasteiger partial charge is 0.161 e. The largest absolute Gasteiger partial charge is 0.493 e. The van der Waals surface area contributed by atoms with Gasteiger partial charge in [0.05, 0.1) is 13.7 Å². The van der Waals surface area contributed by atoms with Crippen molar-refractivity contribution in [2.45, 2.75) is 20.1 Å². The van der Waals surface area contributed by atoms with Crippen LogP contribution in [-0.2, 0) is 13.2 Å². The molecule has 0 spiro atoms. The molecule has 0 saturated carbocycles. The fourth-order valence-electron chi connectivity index (χ4n) is 1.65. The first-order valence-corrected chi connectivity index (χ1v) is 5.78. The van der Waals surface area contributed by atoms with Crippen LogP contribution < -0.4 is 15.2 Å². The summed E-state index contributed by atoms with van der Waals surface area (Å²) in [6, 6.07) is 9.52. The van der Waals surface area contributed by atoms with Crippen molar-refractivity contribution in [3.63, 3.8) is 0 Å². The standard InChI is InChI=1S/C14H17NO3/c1-10-3-6-13(14(7-10)16-2)17-9-12-5-4-11(8-15)18-12/h3-7H,8-9,15H2,1-2H3. The molecule has 0 aliphatic heterocycles. The van der Waals surface area contributed by atoms with Crippen LogP contribution in [-0.4, -0.2) is 7.11 Å². The molecule has 2 aromatic rings. The maximum Gasteiger partial charge on any atom is 0.161 e. The number of nitrogens with two attached hydrogens (primary N) is 1. The molecule has 0 atom stereocenters. The number of rotatable bonds is 5. The molecule has 0 saturated heterocycles. The molecule has 4 nitrogen and oxygen atoms in total. The van der Waals surface area contributed by atoms with Crippen molar-refractivity contribution in [3.8, 4) is 11.5 Å². The van der Waals surface area contributed by atoms with Crippen molar-refractivity contribution < 1.29 is 13.9 Å². The van der Waals surface area contributed by atoms with Gasteiger partial charge in [0.25, 0.3) is 0 Å². The van der Waals surface area contributed by atoms with Crippen molar-refractivity contribution in [1.29, 1.82) is 0 Å². The molecule has 0 aliphatic rings. The second-order valence-corrected chi connectivity index (χ2v) is 4.02. The molecule has 0 amide bonds. The molecule has 0 bridgehead atoms. The number of ether oxygens (including phenoxy) is 2. The van der Waals surface area contributed by atoms with Gasteiger partial charge in [-0.1, -0.05) is 6.07 Å². The van der Waals surface area contributed by atoms with Gasteiger partial charge in [0.15, 0.2) is 11.5 Å². The maximum absolute atomic E-state index is 5.67. The highest BCUT2D eigenvalue weighted by molar-refractivity contribution is 5.42. The van der Waals surface area contributed by atoms with Gasteiger partial charge in [-0.2, -0.15) is 0 Å². The van der Waals surface area contributed by atoms with Crippen LogP contribution in [0.1, 0.15) is 17.1 Å². The first-order valence-electron chi connectivity index (χ1n) is 5.78. The normalized spacial score (nSPS) is 10.4. The van der Waals surface area contributed by atoms with Gasteiger partial charge in [0.1, 0.15) is 18.1 Å². The van der Waals surface area contributed by atoms with Crippen molar-refractivity contribution in [2.75, 3.05) is 7.11 Å². The predicted octanol–water partition coefficient (Wildman–Crippen LogP) is 2.63. The lowest BCUT2D eigenvalue weighted by Gasteiger charge is -2.10. The Kier molecular flexibility index (Phi) is 3.89. The van der Waals surface area contributed by atoms with Crippen molar-refractivity contribution in [1.82, 2.24) is 0 Å². The van der Waals surface area contributed by atoms with Crippen LogP contribution in [0.3, 0.4) is 0 Å². The molecule has 1 aromatic heterocycles. The minimum absolute atomic E-state index is 0.361. The average Bonchev–Trinajstić information content (AvgIpc) is 2.85. The molecular weight excluding hydrogens is 230 g/mol. The summed E-state index contributed by atoms with van der Waals surface area (Å²) >= 11 is 0. The summed E-state index contributed by atoms with van der Waals surface area (Å²) in [6.45, 7) is 2.76. The minimum atomic E-state index is 0.361. The number of hydrogen-bond donors (Lipinski definition) is 1. The molecular formula is C14H17NO3. The molecule has 0 radical (unpaired) electrons. The maximum atomic E-state index is 5.67. The summed E-state index contributed by atoms with van der Waals surface area (Å²) in [5, 5.41) is 0. The van der Waals surface area contributed by atoms with Gasteiger partial charge in [-0.25, -0.2) is 0 Å². The zero-order chi connectivity index (χ0) is 13.0. The highest BCUT2D eigenvalue weighted by atomic mass is 16.5. The molecule has 0 aliphatic carbocycles. The first-order chi connectivity index (χ1) is 8.72. The Bertz CT molecular complexity index is 520. The van der Waals surface area contributed by atoms with Gasteiger partial charge in [0, 0.05) is 0 Å². The number of methoxy groups -OCH3 is 1. The Labute approximate surface area is 106 Å². The van der Waals surface area contributed by atoms with E-state index in [-0.39, 0.29) is 0 Å². The summed E-state index contributed by atoms with van der Waals surface area (Å²) in [5.41, 5.74) is 6.61. The molecule has 1 aromatic carbocycles. The van der Waals surface area contributed by atoms with Crippen LogP contribution in [0, 0.1) is 6.92 Å². The van der Waals surface area contributed by atoms with E-state index in [0.717, 1.165) is 22.8 Å². The van der Waals surface area contributed by atoms with E-state index in [1.165, 1.54) is 0 Å². The topological polar surface area (TPSA) is 57.6 Å². The second kappa shape index (κ2) is 5.60. The fraction of sp³-hybridized carbons (Fsp3) is 0.286. The zero-order valence-corrected chi connectivity index (χ0v) is 10.6. The lowest BCUT2D eigenvalue weighted by atomic mass is 10.2. The average molecular weight is 247 g/mol. The predicted molar refractivity (Wildman–Crippen MR) is 68.7 cm³/mol. The Morgan fingerprint density at radius 1 is 1.11 bits per heavy atom. The van der Waals surface area contributed by atoms with E-state index in [2.05, 4.69) is 0 Å². The fourth-order valence-corrected chi connectivity index (χ4v) is 1.65. The van der Waals surface area contributed by atoms with E-state index in [0.29, 0.717) is 18.9 Å². The molecule has 0 fully saturated rings. The lowest BCUT2D eigenvalue weighted by Crippen LogP contribution is -1.97. The van der Waals surface area contributed by atoms with Crippen LogP contribution in [0.2, 0.25) is 0 Å². The van der Waals surface area contributed by atoms with E-state index in [1.54, 1.807) is 7.11 Å². The van der Waals surface area contributed by atoms with Gasteiger partial charge in [-0.15, -0.1) is 0 Å². The molecule has 96 valence electrons. The first kappa shape index (κ1) is 12.5. The van der Waals surface area contributed by atoms with Crippen LogP contribution in [0.15, 0.2) is 34.7 Å². The quantitative estimate of drug-likeness (QED) is 0.882. The summed E-state index contributed by atoms with van der Waals surface area (Å²) in [4.78, 5) is 0. The highest BCUT2D eigenvalue weighted by Gasteiger charge is 2.06. The van der Waals surface area contributed by atoms with Gasteiger partial charge in [0.2, 0.25) is 0 Å². The number of benzene rings is 1. The highest BCUT2D eigenvalue weighted by Crippen LogP contribution is 2.28. The molecule has 2 N–H and O–H groups in total. The van der Waals surface area contributed by atoms with Crippen LogP contribution in [0.4, 0.5) is 0 Å². The molecule has 2 rings (SSSR count). The van der Waals surface area contributed by atoms with E-state index < -0.39 is 0 Å². The Hall–Kier alpha value is -1.94. The van der Waals surface area contributed by atoms with Gasteiger partial charge >= 0.3 is 0 Å². The van der Waals surface area contributed by atoms with Crippen LogP contribution in [0.5, 0.6) is 11.5 Å². The van der Waals surface area contributed by atoms with Crippen LogP contribution in [0.25, 0.3) is 0 Å². The van der Waals surface area contributed by atoms with Crippen molar-refractivity contribution in [3.05, 3.63) is 47.4 Å². The number of aryl methyl sites for hydroxylation is 1. The SMILES string of the molecule is COc1cc(C)ccc1OCc1ccc(CN)o1. The Balaban J connectivity index is 2.05. The molecule has 0 unspecified atom stereocenters. The third kappa shape index (κ3) is 2.84. The van der Waals surface area contributed by atoms with Gasteiger partial charge in [-0.05, 0) is 36.8 Å². The van der Waals surface area contributed by atoms with Gasteiger partial charge < -0.3 is 19.6 Å². The van der Waals surface area contributed by atoms with Gasteiger partial charge in [-0.3, -0.25) is 0 Å². The molecule has 4 heteroatoms. The van der Waals surface area contributed by atoms with E-state index in [4.69, 9.17) is 19.6 Å². The third-order valence-electron chi connectivity index (χ3n) is 2.61. The third-order valence-corrected chi connectivity index (χ3v) is 2.61. The summed E-state index contributed by atoms with van der Waals surface area (Å²) in [7, 11) is 1.63. The van der Waals surface area contributed by atoms with E-state index in [9.17, 15) is 0 Å². The summed E-state index contributed by atoms with van der Waals surface area (Å²) in [5.74, 6) is 2.93. The Morgan fingerprint density at radius 2 is 1.89 bits per heavy atom. The van der Waals surface area contributed by atoms with E-state index >= 15 is 0 Å².